The number of aromatic nitrogens is 1. The monoisotopic (exact) mass is 210 g/mol. The maximum absolute atomic E-state index is 5.96. The van der Waals surface area contributed by atoms with Gasteiger partial charge in [0, 0.05) is 13.0 Å². The lowest BCUT2D eigenvalue weighted by Crippen LogP contribution is -2.10. The van der Waals surface area contributed by atoms with Gasteiger partial charge in [-0.25, -0.2) is 4.98 Å². The van der Waals surface area contributed by atoms with Gasteiger partial charge in [0.2, 0.25) is 0 Å². The molecule has 74 valence electrons. The summed E-state index contributed by atoms with van der Waals surface area (Å²) < 4.78 is 5.52. The van der Waals surface area contributed by atoms with Crippen LogP contribution in [0, 0.1) is 0 Å². The second-order valence-electron chi connectivity index (χ2n) is 3.05. The van der Waals surface area contributed by atoms with Crippen molar-refractivity contribution in [2.45, 2.75) is 6.42 Å². The lowest BCUT2D eigenvalue weighted by molar-refractivity contribution is 0.522. The van der Waals surface area contributed by atoms with Gasteiger partial charge in [-0.2, -0.15) is 0 Å². The molecule has 14 heavy (non-hydrogen) atoms. The van der Waals surface area contributed by atoms with Crippen molar-refractivity contribution in [3.63, 3.8) is 0 Å². The average Bonchev–Trinajstić information content (AvgIpc) is 2.59. The highest BCUT2D eigenvalue weighted by Gasteiger charge is 2.07. The van der Waals surface area contributed by atoms with E-state index in [1.807, 2.05) is 19.2 Å². The third-order valence-corrected chi connectivity index (χ3v) is 2.30. The lowest BCUT2D eigenvalue weighted by Gasteiger charge is -1.92. The molecule has 0 atom stereocenters. The molecule has 0 saturated carbocycles. The normalized spacial score (nSPS) is 11.0. The number of hydrogen-bond acceptors (Lipinski definition) is 3. The van der Waals surface area contributed by atoms with E-state index in [0.29, 0.717) is 10.6 Å². The van der Waals surface area contributed by atoms with E-state index in [1.165, 1.54) is 0 Å². The van der Waals surface area contributed by atoms with E-state index in [4.69, 9.17) is 16.0 Å². The summed E-state index contributed by atoms with van der Waals surface area (Å²) in [4.78, 5) is 4.32. The number of halogens is 1. The maximum atomic E-state index is 5.96. The number of nitrogens with zero attached hydrogens (tertiary/aromatic N) is 1. The van der Waals surface area contributed by atoms with Crippen molar-refractivity contribution >= 4 is 22.7 Å². The van der Waals surface area contributed by atoms with Gasteiger partial charge >= 0.3 is 0 Å². The summed E-state index contributed by atoms with van der Waals surface area (Å²) in [6.07, 6.45) is 0.779. The molecule has 0 unspecified atom stereocenters. The summed E-state index contributed by atoms with van der Waals surface area (Å²) in [6.45, 7) is 0.852. The molecule has 2 rings (SSSR count). The van der Waals surface area contributed by atoms with Crippen molar-refractivity contribution in [2.24, 2.45) is 0 Å². The molecule has 0 aliphatic carbocycles. The summed E-state index contributed by atoms with van der Waals surface area (Å²) >= 11 is 5.96. The van der Waals surface area contributed by atoms with Gasteiger partial charge in [0.05, 0.1) is 5.02 Å². The fourth-order valence-corrected chi connectivity index (χ4v) is 1.51. The second-order valence-corrected chi connectivity index (χ2v) is 3.46. The Morgan fingerprint density at radius 2 is 2.36 bits per heavy atom. The van der Waals surface area contributed by atoms with Crippen molar-refractivity contribution < 1.29 is 4.42 Å². The Kier molecular flexibility index (Phi) is 2.70. The molecule has 0 amide bonds. The van der Waals surface area contributed by atoms with Crippen LogP contribution in [0.2, 0.25) is 5.02 Å². The molecule has 1 aromatic heterocycles. The standard InChI is InChI=1S/C10H11ClN2O/c1-12-6-5-9-13-8-4-2-3-7(11)10(8)14-9/h2-4,12H,5-6H2,1H3. The number of rotatable bonds is 3. The van der Waals surface area contributed by atoms with Crippen LogP contribution in [0.5, 0.6) is 0 Å². The molecule has 1 aromatic carbocycles. The number of hydrogen-bond donors (Lipinski definition) is 1. The Morgan fingerprint density at radius 3 is 3.07 bits per heavy atom. The average molecular weight is 211 g/mol. The van der Waals surface area contributed by atoms with Gasteiger partial charge in [-0.3, -0.25) is 0 Å². The highest BCUT2D eigenvalue weighted by Crippen LogP contribution is 2.23. The lowest BCUT2D eigenvalue weighted by atomic mass is 10.3. The van der Waals surface area contributed by atoms with Crippen molar-refractivity contribution in [3.8, 4) is 0 Å². The van der Waals surface area contributed by atoms with Gasteiger partial charge in [0.15, 0.2) is 11.5 Å². The molecule has 2 aromatic rings. The summed E-state index contributed by atoms with van der Waals surface area (Å²) in [5, 5.41) is 3.66. The number of oxazole rings is 1. The number of fused-ring (bicyclic) bond motifs is 1. The van der Waals surface area contributed by atoms with E-state index >= 15 is 0 Å². The smallest absolute Gasteiger partial charge is 0.196 e. The SMILES string of the molecule is CNCCc1nc2cccc(Cl)c2o1. The molecule has 0 spiro atoms. The first-order valence-electron chi connectivity index (χ1n) is 4.50. The Bertz CT molecular complexity index is 439. The number of nitrogens with one attached hydrogen (secondary N) is 1. The zero-order valence-corrected chi connectivity index (χ0v) is 8.64. The van der Waals surface area contributed by atoms with Crippen LogP contribution in [0.1, 0.15) is 5.89 Å². The highest BCUT2D eigenvalue weighted by molar-refractivity contribution is 6.34. The largest absolute Gasteiger partial charge is 0.439 e. The Hall–Kier alpha value is -1.06. The van der Waals surface area contributed by atoms with Gasteiger partial charge in [-0.15, -0.1) is 0 Å². The number of benzene rings is 1. The molecule has 0 aliphatic heterocycles. The predicted molar refractivity (Wildman–Crippen MR) is 56.6 cm³/mol. The van der Waals surface area contributed by atoms with Crippen LogP contribution >= 0.6 is 11.6 Å². The second kappa shape index (κ2) is 3.98. The molecular weight excluding hydrogens is 200 g/mol. The van der Waals surface area contributed by atoms with Crippen molar-refractivity contribution in [3.05, 3.63) is 29.1 Å². The molecular formula is C10H11ClN2O. The third-order valence-electron chi connectivity index (χ3n) is 2.00. The first-order valence-corrected chi connectivity index (χ1v) is 4.87. The fourth-order valence-electron chi connectivity index (χ4n) is 1.30. The van der Waals surface area contributed by atoms with Crippen molar-refractivity contribution in [1.29, 1.82) is 0 Å². The van der Waals surface area contributed by atoms with E-state index < -0.39 is 0 Å². The van der Waals surface area contributed by atoms with Crippen LogP contribution in [0.3, 0.4) is 0 Å². The van der Waals surface area contributed by atoms with Crippen LogP contribution in [-0.4, -0.2) is 18.6 Å². The van der Waals surface area contributed by atoms with Crippen LogP contribution in [0.25, 0.3) is 11.1 Å². The van der Waals surface area contributed by atoms with Gasteiger partial charge in [0.25, 0.3) is 0 Å². The van der Waals surface area contributed by atoms with Crippen molar-refractivity contribution in [1.82, 2.24) is 10.3 Å². The first kappa shape index (κ1) is 9.49. The zero-order valence-electron chi connectivity index (χ0n) is 7.88. The van der Waals surface area contributed by atoms with E-state index in [-0.39, 0.29) is 0 Å². The molecule has 0 bridgehead atoms. The van der Waals surface area contributed by atoms with Crippen LogP contribution in [0.15, 0.2) is 22.6 Å². The van der Waals surface area contributed by atoms with Gasteiger partial charge in [0.1, 0.15) is 5.52 Å². The highest BCUT2D eigenvalue weighted by atomic mass is 35.5. The maximum Gasteiger partial charge on any atom is 0.196 e. The minimum Gasteiger partial charge on any atom is -0.439 e. The molecule has 0 radical (unpaired) electrons. The summed E-state index contributed by atoms with van der Waals surface area (Å²) in [6, 6.07) is 5.57. The van der Waals surface area contributed by atoms with Crippen LogP contribution in [-0.2, 0) is 6.42 Å². The minimum atomic E-state index is 0.616. The molecule has 0 fully saturated rings. The van der Waals surface area contributed by atoms with Gasteiger partial charge in [-0.05, 0) is 19.2 Å². The summed E-state index contributed by atoms with van der Waals surface area (Å²) in [5.41, 5.74) is 1.50. The van der Waals surface area contributed by atoms with E-state index in [0.717, 1.165) is 24.4 Å². The Balaban J connectivity index is 2.36. The van der Waals surface area contributed by atoms with Crippen LogP contribution in [0.4, 0.5) is 0 Å². The predicted octanol–water partition coefficient (Wildman–Crippen LogP) is 2.24. The van der Waals surface area contributed by atoms with Crippen LogP contribution < -0.4 is 5.32 Å². The van der Waals surface area contributed by atoms with Gasteiger partial charge < -0.3 is 9.73 Å². The molecule has 0 saturated heterocycles. The first-order chi connectivity index (χ1) is 6.81. The zero-order chi connectivity index (χ0) is 9.97. The summed E-state index contributed by atoms with van der Waals surface area (Å²) in [7, 11) is 1.90. The molecule has 3 nitrogen and oxygen atoms in total. The molecule has 1 N–H and O–H groups in total. The fraction of sp³-hybridized carbons (Fsp3) is 0.300. The molecule has 4 heteroatoms. The topological polar surface area (TPSA) is 38.1 Å². The van der Waals surface area contributed by atoms with E-state index in [1.54, 1.807) is 6.07 Å². The van der Waals surface area contributed by atoms with Gasteiger partial charge in [-0.1, -0.05) is 17.7 Å². The Morgan fingerprint density at radius 1 is 1.50 bits per heavy atom. The molecule has 0 aliphatic rings. The summed E-state index contributed by atoms with van der Waals surface area (Å²) in [5.74, 6) is 0.724. The molecule has 1 heterocycles. The number of para-hydroxylation sites is 1. The van der Waals surface area contributed by atoms with E-state index in [9.17, 15) is 0 Å². The minimum absolute atomic E-state index is 0.616. The third kappa shape index (κ3) is 1.74. The Labute approximate surface area is 87.1 Å². The van der Waals surface area contributed by atoms with Crippen molar-refractivity contribution in [2.75, 3.05) is 13.6 Å². The van der Waals surface area contributed by atoms with E-state index in [2.05, 4.69) is 10.3 Å². The quantitative estimate of drug-likeness (QED) is 0.845. The number of likely N-dealkylation sites (N-methyl/N-ethyl adjacent to an activating group) is 1.